The summed E-state index contributed by atoms with van der Waals surface area (Å²) >= 11 is 0. The van der Waals surface area contributed by atoms with Crippen molar-refractivity contribution in [2.24, 2.45) is 0 Å². The minimum Gasteiger partial charge on any atom is -0.447 e. The summed E-state index contributed by atoms with van der Waals surface area (Å²) in [5.74, 6) is 1.68. The highest BCUT2D eigenvalue weighted by molar-refractivity contribution is 5.46. The number of benzene rings is 2. The van der Waals surface area contributed by atoms with E-state index >= 15 is 0 Å². The van der Waals surface area contributed by atoms with Crippen LogP contribution in [0.1, 0.15) is 17.4 Å². The van der Waals surface area contributed by atoms with Gasteiger partial charge in [-0.15, -0.1) is 0 Å². The molecule has 4 nitrogen and oxygen atoms in total. The number of nitrogens with zero attached hydrogens (tertiary/aromatic N) is 1. The third-order valence-electron chi connectivity index (χ3n) is 4.16. The summed E-state index contributed by atoms with van der Waals surface area (Å²) in [7, 11) is 0. The Balaban J connectivity index is 1.47. The first-order valence-corrected chi connectivity index (χ1v) is 7.83. The van der Waals surface area contributed by atoms with Gasteiger partial charge >= 0.3 is 0 Å². The van der Waals surface area contributed by atoms with Gasteiger partial charge in [0.15, 0.2) is 11.5 Å². The summed E-state index contributed by atoms with van der Waals surface area (Å²) < 4.78 is 11.9. The number of fused-ring (bicyclic) bond motifs is 1. The van der Waals surface area contributed by atoms with Crippen molar-refractivity contribution >= 4 is 0 Å². The molecule has 2 aromatic rings. The van der Waals surface area contributed by atoms with Crippen LogP contribution in [0.5, 0.6) is 11.5 Å². The third-order valence-corrected chi connectivity index (χ3v) is 4.16. The van der Waals surface area contributed by atoms with Gasteiger partial charge in [0.25, 0.3) is 6.29 Å². The number of rotatable bonds is 3. The normalized spacial score (nSPS) is 21.0. The van der Waals surface area contributed by atoms with Crippen molar-refractivity contribution in [1.82, 2.24) is 10.2 Å². The van der Waals surface area contributed by atoms with Gasteiger partial charge in [-0.3, -0.25) is 4.90 Å². The molecule has 0 spiro atoms. The first-order valence-electron chi connectivity index (χ1n) is 7.83. The zero-order valence-corrected chi connectivity index (χ0v) is 12.5. The monoisotopic (exact) mass is 296 g/mol. The standard InChI is InChI=1S/C18H20N2O2/c1-2-4-15(5-3-1)18-21-16-7-6-14(12-17(16)22-18)13-20-10-8-19-9-11-20/h1-7,12,18-19H,8-11,13H2. The molecule has 2 aromatic carbocycles. The summed E-state index contributed by atoms with van der Waals surface area (Å²) in [6.07, 6.45) is -0.328. The summed E-state index contributed by atoms with van der Waals surface area (Å²) in [6, 6.07) is 16.3. The van der Waals surface area contributed by atoms with E-state index in [1.807, 2.05) is 36.4 Å². The number of piperazine rings is 1. The molecule has 0 aliphatic carbocycles. The van der Waals surface area contributed by atoms with Crippen LogP contribution in [-0.4, -0.2) is 31.1 Å². The molecule has 2 aliphatic heterocycles. The fourth-order valence-electron chi connectivity index (χ4n) is 2.97. The number of nitrogens with one attached hydrogen (secondary N) is 1. The highest BCUT2D eigenvalue weighted by Gasteiger charge is 2.26. The first-order chi connectivity index (χ1) is 10.9. The van der Waals surface area contributed by atoms with E-state index in [1.165, 1.54) is 5.56 Å². The van der Waals surface area contributed by atoms with Crippen LogP contribution in [0.15, 0.2) is 48.5 Å². The minimum absolute atomic E-state index is 0.328. The fourth-order valence-corrected chi connectivity index (χ4v) is 2.97. The molecule has 0 bridgehead atoms. The van der Waals surface area contributed by atoms with Gasteiger partial charge in [-0.1, -0.05) is 36.4 Å². The Morgan fingerprint density at radius 2 is 1.73 bits per heavy atom. The molecule has 0 saturated carbocycles. The predicted molar refractivity (Wildman–Crippen MR) is 85.0 cm³/mol. The molecule has 1 unspecified atom stereocenters. The molecular formula is C18H20N2O2. The van der Waals surface area contributed by atoms with E-state index < -0.39 is 0 Å². The average molecular weight is 296 g/mol. The molecule has 4 rings (SSSR count). The van der Waals surface area contributed by atoms with Gasteiger partial charge < -0.3 is 14.8 Å². The van der Waals surface area contributed by atoms with Crippen LogP contribution in [0, 0.1) is 0 Å². The van der Waals surface area contributed by atoms with E-state index in [9.17, 15) is 0 Å². The van der Waals surface area contributed by atoms with E-state index in [-0.39, 0.29) is 6.29 Å². The maximum absolute atomic E-state index is 5.97. The third kappa shape index (κ3) is 2.80. The molecule has 114 valence electrons. The van der Waals surface area contributed by atoms with E-state index in [2.05, 4.69) is 22.3 Å². The first kappa shape index (κ1) is 13.6. The summed E-state index contributed by atoms with van der Waals surface area (Å²) in [5, 5.41) is 3.38. The molecule has 22 heavy (non-hydrogen) atoms. The van der Waals surface area contributed by atoms with Gasteiger partial charge in [0.2, 0.25) is 0 Å². The van der Waals surface area contributed by atoms with Crippen LogP contribution in [0.4, 0.5) is 0 Å². The smallest absolute Gasteiger partial charge is 0.267 e. The van der Waals surface area contributed by atoms with Crippen molar-refractivity contribution in [2.45, 2.75) is 12.8 Å². The minimum atomic E-state index is -0.328. The predicted octanol–water partition coefficient (Wildman–Crippen LogP) is 2.56. The lowest BCUT2D eigenvalue weighted by Crippen LogP contribution is -2.42. The number of ether oxygens (including phenoxy) is 2. The molecule has 2 aliphatic rings. The van der Waals surface area contributed by atoms with Gasteiger partial charge in [0.05, 0.1) is 0 Å². The highest BCUT2D eigenvalue weighted by atomic mass is 16.7. The Hall–Kier alpha value is -2.04. The largest absolute Gasteiger partial charge is 0.447 e. The zero-order chi connectivity index (χ0) is 14.8. The summed E-state index contributed by atoms with van der Waals surface area (Å²) in [5.41, 5.74) is 2.32. The molecule has 1 N–H and O–H groups in total. The lowest BCUT2D eigenvalue weighted by molar-refractivity contribution is 0.0487. The van der Waals surface area contributed by atoms with Crippen molar-refractivity contribution < 1.29 is 9.47 Å². The molecule has 1 saturated heterocycles. The second kappa shape index (κ2) is 5.99. The zero-order valence-electron chi connectivity index (χ0n) is 12.5. The Morgan fingerprint density at radius 3 is 2.55 bits per heavy atom. The van der Waals surface area contributed by atoms with Gasteiger partial charge in [-0.25, -0.2) is 0 Å². The Kier molecular flexibility index (Phi) is 3.70. The van der Waals surface area contributed by atoms with Crippen LogP contribution in [0.25, 0.3) is 0 Å². The molecule has 1 fully saturated rings. The average Bonchev–Trinajstić information content (AvgIpc) is 3.00. The van der Waals surface area contributed by atoms with Gasteiger partial charge in [-0.05, 0) is 17.7 Å². The topological polar surface area (TPSA) is 33.7 Å². The molecule has 4 heteroatoms. The molecule has 0 aromatic heterocycles. The molecule has 2 heterocycles. The van der Waals surface area contributed by atoms with Crippen LogP contribution in [0.3, 0.4) is 0 Å². The van der Waals surface area contributed by atoms with Crippen molar-refractivity contribution in [2.75, 3.05) is 26.2 Å². The lowest BCUT2D eigenvalue weighted by Gasteiger charge is -2.27. The van der Waals surface area contributed by atoms with Crippen LogP contribution < -0.4 is 14.8 Å². The van der Waals surface area contributed by atoms with E-state index in [0.29, 0.717) is 0 Å². The number of hydrogen-bond donors (Lipinski definition) is 1. The molecule has 0 radical (unpaired) electrons. The van der Waals surface area contributed by atoms with Crippen LogP contribution >= 0.6 is 0 Å². The van der Waals surface area contributed by atoms with Crippen molar-refractivity contribution in [1.29, 1.82) is 0 Å². The Morgan fingerprint density at radius 1 is 0.955 bits per heavy atom. The summed E-state index contributed by atoms with van der Waals surface area (Å²) in [4.78, 5) is 2.46. The SMILES string of the molecule is c1ccc(C2Oc3ccc(CN4CCNCC4)cc3O2)cc1. The van der Waals surface area contributed by atoms with Crippen molar-refractivity contribution in [3.8, 4) is 11.5 Å². The van der Waals surface area contributed by atoms with E-state index in [0.717, 1.165) is 49.8 Å². The molecular weight excluding hydrogens is 276 g/mol. The maximum Gasteiger partial charge on any atom is 0.267 e. The molecule has 0 amide bonds. The Labute approximate surface area is 130 Å². The van der Waals surface area contributed by atoms with Crippen molar-refractivity contribution in [3.05, 3.63) is 59.7 Å². The van der Waals surface area contributed by atoms with Crippen molar-refractivity contribution in [3.63, 3.8) is 0 Å². The van der Waals surface area contributed by atoms with Crippen LogP contribution in [0.2, 0.25) is 0 Å². The lowest BCUT2D eigenvalue weighted by atomic mass is 10.2. The number of hydrogen-bond acceptors (Lipinski definition) is 4. The highest BCUT2D eigenvalue weighted by Crippen LogP contribution is 2.40. The second-order valence-electron chi connectivity index (χ2n) is 5.79. The van der Waals surface area contributed by atoms with E-state index in [4.69, 9.17) is 9.47 Å². The van der Waals surface area contributed by atoms with Gasteiger partial charge in [0.1, 0.15) is 0 Å². The second-order valence-corrected chi connectivity index (χ2v) is 5.79. The summed E-state index contributed by atoms with van der Waals surface area (Å²) in [6.45, 7) is 5.30. The molecule has 1 atom stereocenters. The van der Waals surface area contributed by atoms with Crippen LogP contribution in [-0.2, 0) is 6.54 Å². The Bertz CT molecular complexity index is 639. The maximum atomic E-state index is 5.97. The van der Waals surface area contributed by atoms with Gasteiger partial charge in [-0.2, -0.15) is 0 Å². The fraction of sp³-hybridized carbons (Fsp3) is 0.333. The van der Waals surface area contributed by atoms with Gasteiger partial charge in [0, 0.05) is 38.3 Å². The van der Waals surface area contributed by atoms with E-state index in [1.54, 1.807) is 0 Å². The quantitative estimate of drug-likeness (QED) is 0.944.